The minimum atomic E-state index is -0.241. The van der Waals surface area contributed by atoms with Gasteiger partial charge in [0.05, 0.1) is 12.8 Å². The Morgan fingerprint density at radius 1 is 1.27 bits per heavy atom. The summed E-state index contributed by atoms with van der Waals surface area (Å²) in [5.74, 6) is 0.366. The van der Waals surface area contributed by atoms with Crippen molar-refractivity contribution in [2.75, 3.05) is 18.2 Å². The van der Waals surface area contributed by atoms with Crippen molar-refractivity contribution in [1.29, 1.82) is 0 Å². The predicted octanol–water partition coefficient (Wildman–Crippen LogP) is 3.89. The topological polar surface area (TPSA) is 64.3 Å². The average molecular weight is 317 g/mol. The molecule has 0 aromatic heterocycles. The lowest BCUT2D eigenvalue weighted by atomic mass is 10.1. The fourth-order valence-corrected chi connectivity index (χ4v) is 2.06. The lowest BCUT2D eigenvalue weighted by molar-refractivity contribution is -0.111. The molecule has 0 aliphatic heterocycles. The number of rotatable bonds is 4. The number of aryl methyl sites for hydroxylation is 1. The number of methoxy groups -OCH3 is 1. The Balaban J connectivity index is 2.04. The van der Waals surface area contributed by atoms with E-state index in [9.17, 15) is 4.79 Å². The maximum atomic E-state index is 11.9. The smallest absolute Gasteiger partial charge is 0.248 e. The van der Waals surface area contributed by atoms with Crippen LogP contribution >= 0.6 is 11.6 Å². The number of amides is 1. The molecule has 0 aliphatic rings. The number of hydrogen-bond donors (Lipinski definition) is 2. The molecular formula is C17H17ClN2O2. The summed E-state index contributed by atoms with van der Waals surface area (Å²) in [5, 5.41) is 3.37. The van der Waals surface area contributed by atoms with E-state index in [0.717, 1.165) is 11.1 Å². The molecule has 0 aliphatic carbocycles. The molecule has 0 spiro atoms. The van der Waals surface area contributed by atoms with E-state index < -0.39 is 0 Å². The van der Waals surface area contributed by atoms with Gasteiger partial charge in [-0.15, -0.1) is 0 Å². The number of benzene rings is 2. The van der Waals surface area contributed by atoms with Crippen molar-refractivity contribution in [3.63, 3.8) is 0 Å². The van der Waals surface area contributed by atoms with Crippen LogP contribution in [-0.4, -0.2) is 13.0 Å². The zero-order chi connectivity index (χ0) is 16.1. The van der Waals surface area contributed by atoms with Crippen LogP contribution in [0.5, 0.6) is 5.75 Å². The van der Waals surface area contributed by atoms with Gasteiger partial charge in [-0.1, -0.05) is 23.7 Å². The SMILES string of the molecule is COc1ccc(/C=C\C(=O)Nc2ccc(C)c(Cl)c2)cc1N. The Bertz CT molecular complexity index is 727. The second-order valence-electron chi connectivity index (χ2n) is 4.79. The zero-order valence-electron chi connectivity index (χ0n) is 12.4. The molecular weight excluding hydrogens is 300 g/mol. The van der Waals surface area contributed by atoms with Crippen molar-refractivity contribution in [3.8, 4) is 5.75 Å². The van der Waals surface area contributed by atoms with E-state index in [2.05, 4.69) is 5.32 Å². The minimum absolute atomic E-state index is 0.241. The molecule has 3 N–H and O–H groups in total. The van der Waals surface area contributed by atoms with Crippen molar-refractivity contribution in [1.82, 2.24) is 0 Å². The molecule has 22 heavy (non-hydrogen) atoms. The lowest BCUT2D eigenvalue weighted by Gasteiger charge is -2.05. The molecule has 0 radical (unpaired) electrons. The highest BCUT2D eigenvalue weighted by molar-refractivity contribution is 6.31. The van der Waals surface area contributed by atoms with Gasteiger partial charge in [0.25, 0.3) is 0 Å². The standard InChI is InChI=1S/C17H17ClN2O2/c1-11-3-6-13(10-14(11)18)20-17(21)8-5-12-4-7-16(22-2)15(19)9-12/h3-10H,19H2,1-2H3,(H,20,21)/b8-5-. The van der Waals surface area contributed by atoms with Gasteiger partial charge in [-0.3, -0.25) is 4.79 Å². The molecule has 5 heteroatoms. The van der Waals surface area contributed by atoms with Crippen LogP contribution in [-0.2, 0) is 4.79 Å². The Labute approximate surface area is 134 Å². The predicted molar refractivity (Wildman–Crippen MR) is 91.3 cm³/mol. The second-order valence-corrected chi connectivity index (χ2v) is 5.20. The van der Waals surface area contributed by atoms with Gasteiger partial charge in [0.2, 0.25) is 5.91 Å². The molecule has 2 aromatic carbocycles. The minimum Gasteiger partial charge on any atom is -0.495 e. The summed E-state index contributed by atoms with van der Waals surface area (Å²) in [7, 11) is 1.56. The summed E-state index contributed by atoms with van der Waals surface area (Å²) in [5.41, 5.74) is 8.77. The molecule has 1 amide bonds. The second kappa shape index (κ2) is 7.00. The number of carbonyl (C=O) groups excluding carboxylic acids is 1. The van der Waals surface area contributed by atoms with Crippen molar-refractivity contribution in [2.24, 2.45) is 0 Å². The summed E-state index contributed by atoms with van der Waals surface area (Å²) in [6.45, 7) is 1.90. The Hall–Kier alpha value is -2.46. The molecule has 4 nitrogen and oxygen atoms in total. The number of hydrogen-bond acceptors (Lipinski definition) is 3. The van der Waals surface area contributed by atoms with Crippen LogP contribution in [0.25, 0.3) is 6.08 Å². The van der Waals surface area contributed by atoms with Gasteiger partial charge in [0.15, 0.2) is 0 Å². The van der Waals surface area contributed by atoms with Gasteiger partial charge in [-0.25, -0.2) is 0 Å². The third-order valence-corrected chi connectivity index (χ3v) is 3.53. The maximum absolute atomic E-state index is 11.9. The van der Waals surface area contributed by atoms with Gasteiger partial charge in [-0.05, 0) is 48.4 Å². The first kappa shape index (κ1) is 15.9. The summed E-state index contributed by atoms with van der Waals surface area (Å²) in [6, 6.07) is 10.7. The Morgan fingerprint density at radius 3 is 2.68 bits per heavy atom. The number of ether oxygens (including phenoxy) is 1. The maximum Gasteiger partial charge on any atom is 0.248 e. The van der Waals surface area contributed by atoms with E-state index in [1.807, 2.05) is 19.1 Å². The average Bonchev–Trinajstić information content (AvgIpc) is 2.49. The highest BCUT2D eigenvalue weighted by Crippen LogP contribution is 2.23. The Morgan fingerprint density at radius 2 is 2.05 bits per heavy atom. The normalized spacial score (nSPS) is 10.7. The molecule has 2 rings (SSSR count). The molecule has 0 saturated carbocycles. The molecule has 0 saturated heterocycles. The quantitative estimate of drug-likeness (QED) is 0.664. The van der Waals surface area contributed by atoms with E-state index >= 15 is 0 Å². The van der Waals surface area contributed by atoms with Crippen molar-refractivity contribution >= 4 is 35.0 Å². The van der Waals surface area contributed by atoms with Crippen LogP contribution in [0.1, 0.15) is 11.1 Å². The molecule has 0 heterocycles. The van der Waals surface area contributed by atoms with Crippen LogP contribution in [0.4, 0.5) is 11.4 Å². The summed E-state index contributed by atoms with van der Waals surface area (Å²) >= 11 is 6.02. The molecule has 2 aromatic rings. The highest BCUT2D eigenvalue weighted by Gasteiger charge is 2.02. The van der Waals surface area contributed by atoms with Gasteiger partial charge in [0, 0.05) is 16.8 Å². The summed E-state index contributed by atoms with van der Waals surface area (Å²) in [4.78, 5) is 11.9. The van der Waals surface area contributed by atoms with Crippen molar-refractivity contribution in [2.45, 2.75) is 6.92 Å². The number of anilines is 2. The van der Waals surface area contributed by atoms with Crippen LogP contribution in [0.2, 0.25) is 5.02 Å². The molecule has 114 valence electrons. The number of nitrogens with one attached hydrogen (secondary N) is 1. The number of carbonyl (C=O) groups is 1. The van der Waals surface area contributed by atoms with E-state index in [1.54, 1.807) is 37.5 Å². The van der Waals surface area contributed by atoms with Crippen LogP contribution in [0.15, 0.2) is 42.5 Å². The van der Waals surface area contributed by atoms with Crippen LogP contribution < -0.4 is 15.8 Å². The van der Waals surface area contributed by atoms with E-state index in [4.69, 9.17) is 22.1 Å². The fraction of sp³-hybridized carbons (Fsp3) is 0.118. The number of nitrogen functional groups attached to an aromatic ring is 1. The van der Waals surface area contributed by atoms with Gasteiger partial charge in [-0.2, -0.15) is 0 Å². The third-order valence-electron chi connectivity index (χ3n) is 3.12. The van der Waals surface area contributed by atoms with Gasteiger partial charge < -0.3 is 15.8 Å². The Kier molecular flexibility index (Phi) is 5.07. The first-order valence-corrected chi connectivity index (χ1v) is 7.06. The van der Waals surface area contributed by atoms with Crippen LogP contribution in [0.3, 0.4) is 0 Å². The number of halogens is 1. The molecule has 0 atom stereocenters. The van der Waals surface area contributed by atoms with E-state index in [-0.39, 0.29) is 5.91 Å². The first-order valence-electron chi connectivity index (χ1n) is 6.68. The van der Waals surface area contributed by atoms with Crippen molar-refractivity contribution < 1.29 is 9.53 Å². The van der Waals surface area contributed by atoms with Crippen LogP contribution in [0, 0.1) is 6.92 Å². The van der Waals surface area contributed by atoms with Gasteiger partial charge >= 0.3 is 0 Å². The molecule has 0 unspecified atom stereocenters. The van der Waals surface area contributed by atoms with Gasteiger partial charge in [0.1, 0.15) is 5.75 Å². The van der Waals surface area contributed by atoms with Crippen molar-refractivity contribution in [3.05, 3.63) is 58.6 Å². The largest absolute Gasteiger partial charge is 0.495 e. The summed E-state index contributed by atoms with van der Waals surface area (Å²) in [6.07, 6.45) is 3.12. The lowest BCUT2D eigenvalue weighted by Crippen LogP contribution is -2.07. The zero-order valence-corrected chi connectivity index (χ0v) is 13.1. The van der Waals surface area contributed by atoms with E-state index in [0.29, 0.717) is 22.1 Å². The first-order chi connectivity index (χ1) is 10.5. The highest BCUT2D eigenvalue weighted by atomic mass is 35.5. The fourth-order valence-electron chi connectivity index (χ4n) is 1.88. The molecule has 0 bridgehead atoms. The monoisotopic (exact) mass is 316 g/mol. The summed E-state index contributed by atoms with van der Waals surface area (Å²) < 4.78 is 5.08. The molecule has 0 fully saturated rings. The third kappa shape index (κ3) is 4.02. The number of nitrogens with two attached hydrogens (primary N) is 1. The van der Waals surface area contributed by atoms with E-state index in [1.165, 1.54) is 6.08 Å².